The average molecular weight is 251 g/mol. The Morgan fingerprint density at radius 2 is 2.19 bits per heavy atom. The third-order valence-electron chi connectivity index (χ3n) is 2.94. The van der Waals surface area contributed by atoms with Gasteiger partial charge in [0.1, 0.15) is 0 Å². The number of thiazole rings is 1. The molecule has 1 aliphatic rings. The van der Waals surface area contributed by atoms with Crippen LogP contribution in [0.4, 0.5) is 0 Å². The van der Waals surface area contributed by atoms with E-state index in [1.165, 1.54) is 4.70 Å². The molecule has 1 aliphatic carbocycles. The zero-order chi connectivity index (χ0) is 11.0. The summed E-state index contributed by atoms with van der Waals surface area (Å²) in [5.41, 5.74) is 1.07. The van der Waals surface area contributed by atoms with Crippen LogP contribution in [-0.4, -0.2) is 21.4 Å². The number of benzene rings is 1. The molecule has 1 aromatic heterocycles. The van der Waals surface area contributed by atoms with Crippen molar-refractivity contribution in [1.82, 2.24) is 4.98 Å². The van der Waals surface area contributed by atoms with E-state index in [-0.39, 0.29) is 6.10 Å². The second-order valence-corrected chi connectivity index (χ2v) is 6.62. The monoisotopic (exact) mass is 251 g/mol. The molecule has 1 saturated carbocycles. The molecule has 0 amide bonds. The molecule has 0 spiro atoms. The van der Waals surface area contributed by atoms with Gasteiger partial charge in [0, 0.05) is 5.25 Å². The molecule has 0 saturated heterocycles. The zero-order valence-electron chi connectivity index (χ0n) is 8.80. The predicted molar refractivity (Wildman–Crippen MR) is 69.1 cm³/mol. The third kappa shape index (κ3) is 1.97. The normalized spacial score (nSPS) is 25.3. The molecule has 0 aliphatic heterocycles. The quantitative estimate of drug-likeness (QED) is 0.889. The van der Waals surface area contributed by atoms with Gasteiger partial charge in [-0.3, -0.25) is 0 Å². The average Bonchev–Trinajstić information content (AvgIpc) is 2.85. The fraction of sp³-hybridized carbons (Fsp3) is 0.417. The van der Waals surface area contributed by atoms with Gasteiger partial charge in [-0.05, 0) is 31.4 Å². The number of aliphatic hydroxyl groups excluding tert-OH is 1. The van der Waals surface area contributed by atoms with Crippen LogP contribution in [0.1, 0.15) is 19.3 Å². The largest absolute Gasteiger partial charge is 0.392 e. The van der Waals surface area contributed by atoms with Crippen molar-refractivity contribution < 1.29 is 5.11 Å². The molecule has 1 heterocycles. The molecule has 2 unspecified atom stereocenters. The van der Waals surface area contributed by atoms with Gasteiger partial charge in [0.15, 0.2) is 4.34 Å². The Morgan fingerprint density at radius 3 is 2.94 bits per heavy atom. The maximum atomic E-state index is 9.78. The lowest BCUT2D eigenvalue weighted by molar-refractivity contribution is 0.188. The van der Waals surface area contributed by atoms with Gasteiger partial charge >= 0.3 is 0 Å². The number of aliphatic hydroxyl groups is 1. The van der Waals surface area contributed by atoms with Gasteiger partial charge in [-0.25, -0.2) is 4.98 Å². The Morgan fingerprint density at radius 1 is 1.31 bits per heavy atom. The van der Waals surface area contributed by atoms with Crippen LogP contribution in [-0.2, 0) is 0 Å². The Hall–Kier alpha value is -0.580. The number of hydrogen-bond acceptors (Lipinski definition) is 4. The van der Waals surface area contributed by atoms with Crippen LogP contribution in [0.25, 0.3) is 10.2 Å². The van der Waals surface area contributed by atoms with Gasteiger partial charge in [-0.2, -0.15) is 0 Å². The van der Waals surface area contributed by atoms with Gasteiger partial charge in [0.2, 0.25) is 0 Å². The number of hydrogen-bond donors (Lipinski definition) is 1. The van der Waals surface area contributed by atoms with E-state index in [1.807, 2.05) is 18.2 Å². The first kappa shape index (κ1) is 10.6. The van der Waals surface area contributed by atoms with E-state index < -0.39 is 0 Å². The molecule has 0 radical (unpaired) electrons. The Balaban J connectivity index is 1.83. The van der Waals surface area contributed by atoms with Gasteiger partial charge in [0.25, 0.3) is 0 Å². The summed E-state index contributed by atoms with van der Waals surface area (Å²) < 4.78 is 2.32. The minimum Gasteiger partial charge on any atom is -0.392 e. The molecular weight excluding hydrogens is 238 g/mol. The third-order valence-corrected chi connectivity index (χ3v) is 5.46. The molecule has 4 heteroatoms. The van der Waals surface area contributed by atoms with E-state index in [2.05, 4.69) is 11.1 Å². The van der Waals surface area contributed by atoms with Gasteiger partial charge < -0.3 is 5.11 Å². The number of nitrogens with zero attached hydrogens (tertiary/aromatic N) is 1. The highest BCUT2D eigenvalue weighted by molar-refractivity contribution is 8.01. The highest BCUT2D eigenvalue weighted by atomic mass is 32.2. The SMILES string of the molecule is OC1CCCC1Sc1nc2ccccc2s1. The number of rotatable bonds is 2. The van der Waals surface area contributed by atoms with Crippen molar-refractivity contribution in [2.45, 2.75) is 35.0 Å². The van der Waals surface area contributed by atoms with Crippen LogP contribution in [0.3, 0.4) is 0 Å². The van der Waals surface area contributed by atoms with Crippen molar-refractivity contribution in [2.75, 3.05) is 0 Å². The van der Waals surface area contributed by atoms with Crippen molar-refractivity contribution >= 4 is 33.3 Å². The minimum absolute atomic E-state index is 0.142. The van der Waals surface area contributed by atoms with E-state index in [9.17, 15) is 5.11 Å². The molecule has 84 valence electrons. The Bertz CT molecular complexity index is 463. The first-order chi connectivity index (χ1) is 7.83. The van der Waals surface area contributed by atoms with Crippen molar-refractivity contribution in [3.8, 4) is 0 Å². The fourth-order valence-corrected chi connectivity index (χ4v) is 4.59. The Kier molecular flexibility index (Phi) is 2.88. The van der Waals surface area contributed by atoms with Crippen molar-refractivity contribution in [2.24, 2.45) is 0 Å². The number of fused-ring (bicyclic) bond motifs is 1. The minimum atomic E-state index is -0.142. The summed E-state index contributed by atoms with van der Waals surface area (Å²) in [4.78, 5) is 4.58. The lowest BCUT2D eigenvalue weighted by atomic mass is 10.3. The fourth-order valence-electron chi connectivity index (χ4n) is 2.07. The molecule has 2 atom stereocenters. The van der Waals surface area contributed by atoms with E-state index >= 15 is 0 Å². The van der Waals surface area contributed by atoms with Crippen LogP contribution < -0.4 is 0 Å². The van der Waals surface area contributed by atoms with Gasteiger partial charge in [-0.15, -0.1) is 11.3 Å². The summed E-state index contributed by atoms with van der Waals surface area (Å²) in [5, 5.41) is 10.1. The molecule has 1 N–H and O–H groups in total. The highest BCUT2D eigenvalue weighted by Gasteiger charge is 2.27. The number of para-hydroxylation sites is 1. The molecule has 1 aromatic carbocycles. The van der Waals surface area contributed by atoms with E-state index in [1.54, 1.807) is 23.1 Å². The number of aromatic nitrogens is 1. The molecule has 2 aromatic rings. The second-order valence-electron chi connectivity index (χ2n) is 4.10. The molecular formula is C12H13NOS2. The predicted octanol–water partition coefficient (Wildman–Crippen LogP) is 3.30. The van der Waals surface area contributed by atoms with Gasteiger partial charge in [0.05, 0.1) is 16.3 Å². The van der Waals surface area contributed by atoms with Crippen molar-refractivity contribution in [3.05, 3.63) is 24.3 Å². The van der Waals surface area contributed by atoms with Crippen LogP contribution in [0, 0.1) is 0 Å². The van der Waals surface area contributed by atoms with E-state index in [4.69, 9.17) is 0 Å². The zero-order valence-corrected chi connectivity index (χ0v) is 10.4. The van der Waals surface area contributed by atoms with Crippen molar-refractivity contribution in [3.63, 3.8) is 0 Å². The van der Waals surface area contributed by atoms with Crippen LogP contribution in [0.5, 0.6) is 0 Å². The Labute approximate surface area is 103 Å². The van der Waals surface area contributed by atoms with Gasteiger partial charge in [-0.1, -0.05) is 23.9 Å². The summed E-state index contributed by atoms with van der Waals surface area (Å²) in [6.07, 6.45) is 3.06. The summed E-state index contributed by atoms with van der Waals surface area (Å²) in [6, 6.07) is 8.20. The lowest BCUT2D eigenvalue weighted by Gasteiger charge is -2.10. The molecule has 0 bridgehead atoms. The highest BCUT2D eigenvalue weighted by Crippen LogP contribution is 2.38. The summed E-state index contributed by atoms with van der Waals surface area (Å²) >= 11 is 3.47. The molecule has 3 rings (SSSR count). The smallest absolute Gasteiger partial charge is 0.151 e. The standard InChI is InChI=1S/C12H13NOS2/c14-9-5-3-7-11(9)16-12-13-8-4-1-2-6-10(8)15-12/h1-2,4,6,9,11,14H,3,5,7H2. The summed E-state index contributed by atoms with van der Waals surface area (Å²) in [5.74, 6) is 0. The topological polar surface area (TPSA) is 33.1 Å². The molecule has 2 nitrogen and oxygen atoms in total. The molecule has 16 heavy (non-hydrogen) atoms. The van der Waals surface area contributed by atoms with Crippen LogP contribution in [0.2, 0.25) is 0 Å². The van der Waals surface area contributed by atoms with E-state index in [0.29, 0.717) is 5.25 Å². The summed E-state index contributed by atoms with van der Waals surface area (Å²) in [6.45, 7) is 0. The lowest BCUT2D eigenvalue weighted by Crippen LogP contribution is -2.14. The van der Waals surface area contributed by atoms with Crippen LogP contribution in [0.15, 0.2) is 28.6 Å². The molecule has 1 fully saturated rings. The van der Waals surface area contributed by atoms with Crippen LogP contribution >= 0.6 is 23.1 Å². The maximum absolute atomic E-state index is 9.78. The van der Waals surface area contributed by atoms with E-state index in [0.717, 1.165) is 29.1 Å². The first-order valence-electron chi connectivity index (χ1n) is 5.53. The maximum Gasteiger partial charge on any atom is 0.151 e. The first-order valence-corrected chi connectivity index (χ1v) is 7.23. The van der Waals surface area contributed by atoms with Crippen molar-refractivity contribution in [1.29, 1.82) is 0 Å². The number of thioether (sulfide) groups is 1. The second kappa shape index (κ2) is 4.35. The summed E-state index contributed by atoms with van der Waals surface area (Å²) in [7, 11) is 0.